The van der Waals surface area contributed by atoms with Gasteiger partial charge in [-0.3, -0.25) is 0 Å². The molecule has 0 amide bonds. The molecule has 0 unspecified atom stereocenters. The molecule has 0 saturated carbocycles. The van der Waals surface area contributed by atoms with Crippen LogP contribution in [0.15, 0.2) is 30.5 Å². The quantitative estimate of drug-likeness (QED) is 0.851. The molecule has 0 atom stereocenters. The highest BCUT2D eigenvalue weighted by Gasteiger charge is 2.16. The number of hydrogen-bond acceptors (Lipinski definition) is 3. The minimum absolute atomic E-state index is 0.0241. The lowest BCUT2D eigenvalue weighted by Gasteiger charge is -2.13. The van der Waals surface area contributed by atoms with Crippen LogP contribution in [-0.4, -0.2) is 15.7 Å². The number of carboxylic acids is 1. The molecule has 1 aromatic carbocycles. The Morgan fingerprint density at radius 3 is 2.44 bits per heavy atom. The van der Waals surface area contributed by atoms with Crippen LogP contribution >= 0.6 is 11.6 Å². The van der Waals surface area contributed by atoms with Crippen LogP contribution in [0.25, 0.3) is 5.69 Å². The highest BCUT2D eigenvalue weighted by molar-refractivity contribution is 6.30. The van der Waals surface area contributed by atoms with E-state index in [0.717, 1.165) is 5.69 Å². The van der Waals surface area contributed by atoms with Gasteiger partial charge in [-0.1, -0.05) is 25.4 Å². The van der Waals surface area contributed by atoms with Crippen molar-refractivity contribution in [1.82, 2.24) is 9.78 Å². The normalized spacial score (nSPS) is 10.9. The van der Waals surface area contributed by atoms with Crippen molar-refractivity contribution in [3.63, 3.8) is 0 Å². The van der Waals surface area contributed by atoms with Crippen LogP contribution in [0.5, 0.6) is 0 Å². The topological polar surface area (TPSA) is 57.9 Å². The molecule has 1 aromatic heterocycles. The van der Waals surface area contributed by atoms with Crippen molar-refractivity contribution in [2.45, 2.75) is 19.8 Å². The summed E-state index contributed by atoms with van der Waals surface area (Å²) in [7, 11) is 0. The molecule has 0 aliphatic rings. The molecule has 1 heterocycles. The summed E-state index contributed by atoms with van der Waals surface area (Å²) in [5.74, 6) is -1.19. The lowest BCUT2D eigenvalue weighted by Crippen LogP contribution is -2.24. The summed E-state index contributed by atoms with van der Waals surface area (Å²) in [6.07, 6.45) is 1.32. The first-order chi connectivity index (χ1) is 8.50. The van der Waals surface area contributed by atoms with Gasteiger partial charge >= 0.3 is 0 Å². The van der Waals surface area contributed by atoms with E-state index in [1.165, 1.54) is 6.20 Å². The highest BCUT2D eigenvalue weighted by atomic mass is 35.5. The number of halogens is 1. The summed E-state index contributed by atoms with van der Waals surface area (Å²) in [5, 5.41) is 15.8. The Kier molecular flexibility index (Phi) is 3.39. The van der Waals surface area contributed by atoms with Crippen molar-refractivity contribution in [2.24, 2.45) is 0 Å². The van der Waals surface area contributed by atoms with Crippen molar-refractivity contribution in [1.29, 1.82) is 0 Å². The smallest absolute Gasteiger partial charge is 0.0749 e. The van der Waals surface area contributed by atoms with E-state index in [4.69, 9.17) is 11.6 Å². The summed E-state index contributed by atoms with van der Waals surface area (Å²) in [4.78, 5) is 11.0. The van der Waals surface area contributed by atoms with E-state index in [1.54, 1.807) is 28.9 Å². The van der Waals surface area contributed by atoms with Crippen LogP contribution in [0.1, 0.15) is 35.8 Å². The van der Waals surface area contributed by atoms with Gasteiger partial charge in [0, 0.05) is 10.6 Å². The van der Waals surface area contributed by atoms with E-state index < -0.39 is 5.97 Å². The number of aromatic carboxylic acids is 1. The number of carbonyl (C=O) groups excluding carboxylic acids is 1. The molecule has 2 rings (SSSR count). The van der Waals surface area contributed by atoms with E-state index in [1.807, 2.05) is 13.8 Å². The zero-order valence-electron chi connectivity index (χ0n) is 10.1. The minimum Gasteiger partial charge on any atom is -0.545 e. The second-order valence-electron chi connectivity index (χ2n) is 4.27. The molecule has 0 saturated heterocycles. The van der Waals surface area contributed by atoms with Gasteiger partial charge in [0.15, 0.2) is 0 Å². The molecule has 2 aromatic rings. The summed E-state index contributed by atoms with van der Waals surface area (Å²) < 4.78 is 1.60. The van der Waals surface area contributed by atoms with E-state index in [9.17, 15) is 9.90 Å². The van der Waals surface area contributed by atoms with E-state index in [0.29, 0.717) is 10.7 Å². The first kappa shape index (κ1) is 12.6. The summed E-state index contributed by atoms with van der Waals surface area (Å²) in [5.41, 5.74) is 1.52. The molecule has 0 spiro atoms. The SMILES string of the molecule is CC(C)c1c(C(=O)[O-])cnn1-c1ccc(Cl)cc1. The highest BCUT2D eigenvalue weighted by Crippen LogP contribution is 2.23. The molecule has 0 aliphatic carbocycles. The third kappa shape index (κ3) is 2.24. The summed E-state index contributed by atoms with van der Waals surface area (Å²) >= 11 is 5.82. The molecule has 18 heavy (non-hydrogen) atoms. The van der Waals surface area contributed by atoms with E-state index in [-0.39, 0.29) is 11.5 Å². The number of rotatable bonds is 3. The van der Waals surface area contributed by atoms with E-state index in [2.05, 4.69) is 5.10 Å². The molecule has 0 aliphatic heterocycles. The fraction of sp³-hybridized carbons (Fsp3) is 0.231. The van der Waals surface area contributed by atoms with Gasteiger partial charge in [0.05, 0.1) is 23.5 Å². The van der Waals surface area contributed by atoms with Crippen molar-refractivity contribution >= 4 is 17.6 Å². The van der Waals surface area contributed by atoms with Crippen molar-refractivity contribution in [3.05, 3.63) is 46.7 Å². The molecular weight excluding hydrogens is 252 g/mol. The van der Waals surface area contributed by atoms with Gasteiger partial charge in [-0.25, -0.2) is 4.68 Å². The van der Waals surface area contributed by atoms with Gasteiger partial charge in [0.2, 0.25) is 0 Å². The van der Waals surface area contributed by atoms with Crippen molar-refractivity contribution < 1.29 is 9.90 Å². The standard InChI is InChI=1S/C13H13ClN2O2/c1-8(2)12-11(13(17)18)7-15-16(12)10-5-3-9(14)4-6-10/h3-8H,1-2H3,(H,17,18)/p-1. The molecule has 4 nitrogen and oxygen atoms in total. The number of carbonyl (C=O) groups is 1. The average Bonchev–Trinajstić information content (AvgIpc) is 2.74. The number of hydrogen-bond donors (Lipinski definition) is 0. The summed E-state index contributed by atoms with van der Waals surface area (Å²) in [6, 6.07) is 7.06. The van der Waals surface area contributed by atoms with Crippen LogP contribution in [0, 0.1) is 0 Å². The van der Waals surface area contributed by atoms with Crippen LogP contribution in [-0.2, 0) is 0 Å². The lowest BCUT2D eigenvalue weighted by molar-refractivity contribution is -0.255. The van der Waals surface area contributed by atoms with Crippen LogP contribution in [0.2, 0.25) is 5.02 Å². The Hall–Kier alpha value is -1.81. The molecule has 94 valence electrons. The lowest BCUT2D eigenvalue weighted by atomic mass is 10.1. The number of carboxylic acid groups (broad SMARTS) is 1. The number of benzene rings is 1. The predicted octanol–water partition coefficient (Wildman–Crippen LogP) is 2.01. The zero-order valence-corrected chi connectivity index (χ0v) is 10.8. The molecule has 0 bridgehead atoms. The van der Waals surface area contributed by atoms with E-state index >= 15 is 0 Å². The minimum atomic E-state index is -1.21. The number of aromatic nitrogens is 2. The van der Waals surface area contributed by atoms with Gasteiger partial charge in [-0.05, 0) is 30.2 Å². The Bertz CT molecular complexity index is 573. The zero-order chi connectivity index (χ0) is 13.3. The number of nitrogens with zero attached hydrogens (tertiary/aromatic N) is 2. The predicted molar refractivity (Wildman–Crippen MR) is 67.0 cm³/mol. The Labute approximate surface area is 110 Å². The Morgan fingerprint density at radius 2 is 1.94 bits per heavy atom. The second kappa shape index (κ2) is 4.82. The first-order valence-electron chi connectivity index (χ1n) is 5.56. The van der Waals surface area contributed by atoms with Crippen molar-refractivity contribution in [3.8, 4) is 5.69 Å². The fourth-order valence-electron chi connectivity index (χ4n) is 1.86. The van der Waals surface area contributed by atoms with Crippen LogP contribution in [0.4, 0.5) is 0 Å². The van der Waals surface area contributed by atoms with Crippen LogP contribution in [0.3, 0.4) is 0 Å². The molecule has 0 fully saturated rings. The Balaban J connectivity index is 2.57. The monoisotopic (exact) mass is 263 g/mol. The second-order valence-corrected chi connectivity index (χ2v) is 4.71. The van der Waals surface area contributed by atoms with Gasteiger partial charge in [0.1, 0.15) is 0 Å². The largest absolute Gasteiger partial charge is 0.545 e. The maximum atomic E-state index is 11.0. The molecule has 0 radical (unpaired) electrons. The van der Waals surface area contributed by atoms with Gasteiger partial charge in [-0.15, -0.1) is 0 Å². The third-order valence-corrected chi connectivity index (χ3v) is 2.90. The Morgan fingerprint density at radius 1 is 1.33 bits per heavy atom. The maximum absolute atomic E-state index is 11.0. The van der Waals surface area contributed by atoms with Gasteiger partial charge in [-0.2, -0.15) is 5.10 Å². The van der Waals surface area contributed by atoms with Crippen molar-refractivity contribution in [2.75, 3.05) is 0 Å². The third-order valence-electron chi connectivity index (χ3n) is 2.64. The maximum Gasteiger partial charge on any atom is 0.0749 e. The van der Waals surface area contributed by atoms with Crippen LogP contribution < -0.4 is 5.11 Å². The average molecular weight is 264 g/mol. The molecule has 5 heteroatoms. The molecular formula is C13H12ClN2O2-. The molecule has 0 N–H and O–H groups in total. The van der Waals surface area contributed by atoms with Gasteiger partial charge < -0.3 is 9.90 Å². The van der Waals surface area contributed by atoms with Gasteiger partial charge in [0.25, 0.3) is 0 Å². The summed E-state index contributed by atoms with van der Waals surface area (Å²) in [6.45, 7) is 3.83. The fourth-order valence-corrected chi connectivity index (χ4v) is 1.98. The first-order valence-corrected chi connectivity index (χ1v) is 5.93.